The summed E-state index contributed by atoms with van der Waals surface area (Å²) in [5.74, 6) is -0.129. The van der Waals surface area contributed by atoms with Crippen LogP contribution in [0, 0.1) is 12.7 Å². The molecule has 0 aliphatic heterocycles. The quantitative estimate of drug-likeness (QED) is 0.269. The van der Waals surface area contributed by atoms with Crippen molar-refractivity contribution in [3.8, 4) is 5.82 Å². The van der Waals surface area contributed by atoms with Crippen molar-refractivity contribution < 1.29 is 9.18 Å². The lowest BCUT2D eigenvalue weighted by molar-refractivity contribution is 0.0994. The van der Waals surface area contributed by atoms with Gasteiger partial charge in [-0.2, -0.15) is 0 Å². The van der Waals surface area contributed by atoms with E-state index in [1.165, 1.54) is 40.6 Å². The lowest BCUT2D eigenvalue weighted by Gasteiger charge is -2.15. The zero-order valence-electron chi connectivity index (χ0n) is 16.4. The SMILES string of the molecule is Cc1ccnc(-n2c(SC(C)C(=O)c3ccc(F)cc3)nc3ccccc3c2=O)c1. The van der Waals surface area contributed by atoms with E-state index in [4.69, 9.17) is 0 Å². The van der Waals surface area contributed by atoms with E-state index in [1.54, 1.807) is 37.4 Å². The molecule has 0 radical (unpaired) electrons. The van der Waals surface area contributed by atoms with Gasteiger partial charge in [0.15, 0.2) is 10.9 Å². The highest BCUT2D eigenvalue weighted by Crippen LogP contribution is 2.27. The van der Waals surface area contributed by atoms with E-state index >= 15 is 0 Å². The third kappa shape index (κ3) is 3.89. The number of carbonyl (C=O) groups excluding carboxylic acids is 1. The minimum Gasteiger partial charge on any atom is -0.293 e. The average molecular weight is 419 g/mol. The Morgan fingerprint density at radius 2 is 1.83 bits per heavy atom. The van der Waals surface area contributed by atoms with Crippen LogP contribution in [0.25, 0.3) is 16.7 Å². The van der Waals surface area contributed by atoms with Crippen LogP contribution in [0.3, 0.4) is 0 Å². The number of aromatic nitrogens is 3. The van der Waals surface area contributed by atoms with Gasteiger partial charge >= 0.3 is 0 Å². The molecule has 0 spiro atoms. The number of ketones is 1. The number of para-hydroxylation sites is 1. The van der Waals surface area contributed by atoms with Gasteiger partial charge in [0.1, 0.15) is 11.6 Å². The van der Waals surface area contributed by atoms with Gasteiger partial charge in [0.2, 0.25) is 0 Å². The van der Waals surface area contributed by atoms with E-state index in [2.05, 4.69) is 9.97 Å². The first-order chi connectivity index (χ1) is 14.4. The molecule has 2 aromatic carbocycles. The Hall–Kier alpha value is -3.32. The summed E-state index contributed by atoms with van der Waals surface area (Å²) in [6, 6.07) is 16.1. The Morgan fingerprint density at radius 1 is 1.10 bits per heavy atom. The molecule has 0 aliphatic rings. The first kappa shape index (κ1) is 20.0. The van der Waals surface area contributed by atoms with Crippen LogP contribution in [0.5, 0.6) is 0 Å². The van der Waals surface area contributed by atoms with Gasteiger partial charge in [0, 0.05) is 11.8 Å². The first-order valence-electron chi connectivity index (χ1n) is 9.35. The van der Waals surface area contributed by atoms with Gasteiger partial charge in [-0.05, 0) is 67.9 Å². The molecule has 4 aromatic rings. The van der Waals surface area contributed by atoms with E-state index in [1.807, 2.05) is 19.1 Å². The van der Waals surface area contributed by atoms with Crippen molar-refractivity contribution in [3.05, 3.63) is 94.2 Å². The summed E-state index contributed by atoms with van der Waals surface area (Å²) in [6.45, 7) is 3.66. The van der Waals surface area contributed by atoms with Gasteiger partial charge < -0.3 is 0 Å². The van der Waals surface area contributed by atoms with Crippen LogP contribution in [0.1, 0.15) is 22.8 Å². The molecule has 0 fully saturated rings. The molecule has 7 heteroatoms. The maximum Gasteiger partial charge on any atom is 0.267 e. The van der Waals surface area contributed by atoms with Gasteiger partial charge in [-0.3, -0.25) is 9.59 Å². The molecule has 30 heavy (non-hydrogen) atoms. The number of Topliss-reactive ketones (excluding diaryl/α,β-unsaturated/α-hetero) is 1. The van der Waals surface area contributed by atoms with Crippen LogP contribution in [0.4, 0.5) is 4.39 Å². The predicted molar refractivity (Wildman–Crippen MR) is 116 cm³/mol. The van der Waals surface area contributed by atoms with Gasteiger partial charge in [-0.15, -0.1) is 0 Å². The van der Waals surface area contributed by atoms with Crippen molar-refractivity contribution in [1.82, 2.24) is 14.5 Å². The second-order valence-electron chi connectivity index (χ2n) is 6.87. The van der Waals surface area contributed by atoms with Crippen LogP contribution < -0.4 is 5.56 Å². The summed E-state index contributed by atoms with van der Waals surface area (Å²) in [5.41, 5.74) is 1.66. The van der Waals surface area contributed by atoms with Crippen molar-refractivity contribution in [1.29, 1.82) is 0 Å². The number of carbonyl (C=O) groups is 1. The molecule has 0 amide bonds. The van der Waals surface area contributed by atoms with Crippen LogP contribution in [0.15, 0.2) is 76.8 Å². The Morgan fingerprint density at radius 3 is 2.57 bits per heavy atom. The van der Waals surface area contributed by atoms with Crippen LogP contribution >= 0.6 is 11.8 Å². The van der Waals surface area contributed by atoms with Crippen LogP contribution in [-0.4, -0.2) is 25.6 Å². The molecule has 0 aliphatic carbocycles. The number of halogens is 1. The predicted octanol–water partition coefficient (Wildman–Crippen LogP) is 4.59. The third-order valence-electron chi connectivity index (χ3n) is 4.66. The number of nitrogens with zero attached hydrogens (tertiary/aromatic N) is 3. The zero-order chi connectivity index (χ0) is 21.3. The van der Waals surface area contributed by atoms with Gasteiger partial charge in [-0.25, -0.2) is 18.9 Å². The zero-order valence-corrected chi connectivity index (χ0v) is 17.2. The van der Waals surface area contributed by atoms with Crippen molar-refractivity contribution in [2.24, 2.45) is 0 Å². The van der Waals surface area contributed by atoms with Gasteiger partial charge in [0.25, 0.3) is 5.56 Å². The van der Waals surface area contributed by atoms with Gasteiger partial charge in [-0.1, -0.05) is 23.9 Å². The highest BCUT2D eigenvalue weighted by Gasteiger charge is 2.22. The van der Waals surface area contributed by atoms with Gasteiger partial charge in [0.05, 0.1) is 16.2 Å². The Kier molecular flexibility index (Phi) is 5.46. The fourth-order valence-corrected chi connectivity index (χ4v) is 4.09. The topological polar surface area (TPSA) is 64.8 Å². The molecule has 0 saturated carbocycles. The summed E-state index contributed by atoms with van der Waals surface area (Å²) < 4.78 is 14.6. The Labute approximate surface area is 176 Å². The fraction of sp³-hybridized carbons (Fsp3) is 0.130. The second kappa shape index (κ2) is 8.20. The maximum absolute atomic E-state index is 13.3. The minimum absolute atomic E-state index is 0.175. The summed E-state index contributed by atoms with van der Waals surface area (Å²) in [5, 5.41) is 0.307. The van der Waals surface area contributed by atoms with E-state index in [0.717, 1.165) is 5.56 Å². The first-order valence-corrected chi connectivity index (χ1v) is 10.2. The highest BCUT2D eigenvalue weighted by molar-refractivity contribution is 8.00. The summed E-state index contributed by atoms with van der Waals surface area (Å²) in [6.07, 6.45) is 1.63. The third-order valence-corrected chi connectivity index (χ3v) is 5.71. The molecule has 1 atom stereocenters. The lowest BCUT2D eigenvalue weighted by atomic mass is 10.1. The molecular formula is C23H18FN3O2S. The second-order valence-corrected chi connectivity index (χ2v) is 8.18. The number of thioether (sulfide) groups is 1. The standard InChI is InChI=1S/C23H18FN3O2S/c1-14-11-12-25-20(13-14)27-22(29)18-5-3-4-6-19(18)26-23(27)30-15(2)21(28)16-7-9-17(24)10-8-16/h3-13,15H,1-2H3. The van der Waals surface area contributed by atoms with Crippen molar-refractivity contribution in [2.45, 2.75) is 24.3 Å². The fourth-order valence-electron chi connectivity index (χ4n) is 3.10. The molecule has 0 N–H and O–H groups in total. The minimum atomic E-state index is -0.542. The highest BCUT2D eigenvalue weighted by atomic mass is 32.2. The smallest absolute Gasteiger partial charge is 0.267 e. The Bertz CT molecular complexity index is 1300. The molecule has 4 rings (SSSR count). The number of hydrogen-bond donors (Lipinski definition) is 0. The van der Waals surface area contributed by atoms with Crippen molar-refractivity contribution in [2.75, 3.05) is 0 Å². The van der Waals surface area contributed by atoms with Crippen molar-refractivity contribution in [3.63, 3.8) is 0 Å². The molecule has 150 valence electrons. The number of rotatable bonds is 5. The average Bonchev–Trinajstić information content (AvgIpc) is 2.74. The maximum atomic E-state index is 13.3. The van der Waals surface area contributed by atoms with Crippen LogP contribution in [0.2, 0.25) is 0 Å². The molecule has 0 saturated heterocycles. The number of aryl methyl sites for hydroxylation is 1. The summed E-state index contributed by atoms with van der Waals surface area (Å²) in [7, 11) is 0. The number of fused-ring (bicyclic) bond motifs is 1. The largest absolute Gasteiger partial charge is 0.293 e. The van der Waals surface area contributed by atoms with Crippen LogP contribution in [-0.2, 0) is 0 Å². The number of pyridine rings is 1. The normalized spacial score (nSPS) is 12.1. The monoisotopic (exact) mass is 419 g/mol. The van der Waals surface area contributed by atoms with E-state index in [9.17, 15) is 14.0 Å². The lowest BCUT2D eigenvalue weighted by Crippen LogP contribution is -2.24. The summed E-state index contributed by atoms with van der Waals surface area (Å²) >= 11 is 1.18. The molecule has 2 heterocycles. The Balaban J connectivity index is 1.81. The van der Waals surface area contributed by atoms with E-state index in [0.29, 0.717) is 27.4 Å². The molecule has 5 nitrogen and oxygen atoms in total. The number of benzene rings is 2. The molecular weight excluding hydrogens is 401 g/mol. The molecule has 0 bridgehead atoms. The van der Waals surface area contributed by atoms with Crippen molar-refractivity contribution >= 4 is 28.4 Å². The molecule has 2 aromatic heterocycles. The number of hydrogen-bond acceptors (Lipinski definition) is 5. The molecule has 1 unspecified atom stereocenters. The summed E-state index contributed by atoms with van der Waals surface area (Å²) in [4.78, 5) is 35.1. The van der Waals surface area contributed by atoms with E-state index < -0.39 is 11.1 Å². The van der Waals surface area contributed by atoms with E-state index in [-0.39, 0.29) is 11.3 Å².